The van der Waals surface area contributed by atoms with E-state index in [9.17, 15) is 9.59 Å². The molecule has 2 amide bonds. The van der Waals surface area contributed by atoms with Crippen LogP contribution in [0.2, 0.25) is 5.02 Å². The highest BCUT2D eigenvalue weighted by atomic mass is 35.5. The molecule has 0 radical (unpaired) electrons. The first kappa shape index (κ1) is 23.0. The summed E-state index contributed by atoms with van der Waals surface area (Å²) in [5, 5.41) is 7.15. The predicted octanol–water partition coefficient (Wildman–Crippen LogP) is 4.07. The number of hydrogen-bond donors (Lipinski definition) is 2. The molecule has 2 heterocycles. The first-order valence-corrected chi connectivity index (χ1v) is 11.2. The van der Waals surface area contributed by atoms with Crippen molar-refractivity contribution in [3.05, 3.63) is 51.8 Å². The molecule has 3 aromatic rings. The van der Waals surface area contributed by atoms with Gasteiger partial charge >= 0.3 is 0 Å². The number of ether oxygens (including phenoxy) is 2. The van der Waals surface area contributed by atoms with Gasteiger partial charge in [-0.25, -0.2) is 4.98 Å². The highest BCUT2D eigenvalue weighted by Crippen LogP contribution is 2.38. The van der Waals surface area contributed by atoms with E-state index in [1.54, 1.807) is 30.9 Å². The van der Waals surface area contributed by atoms with E-state index in [1.165, 1.54) is 0 Å². The molecular formula is C23H23ClN4O4S. The maximum absolute atomic E-state index is 12.7. The van der Waals surface area contributed by atoms with E-state index in [0.29, 0.717) is 52.6 Å². The summed E-state index contributed by atoms with van der Waals surface area (Å²) in [5.74, 6) is 1.23. The fourth-order valence-corrected chi connectivity index (χ4v) is 4.32. The highest BCUT2D eigenvalue weighted by Gasteiger charge is 2.32. The summed E-state index contributed by atoms with van der Waals surface area (Å²) in [6.45, 7) is 0.501. The Morgan fingerprint density at radius 3 is 2.61 bits per heavy atom. The normalized spacial score (nSPS) is 14.6. The molecule has 8 nitrogen and oxygen atoms in total. The zero-order valence-electron chi connectivity index (χ0n) is 18.2. The predicted molar refractivity (Wildman–Crippen MR) is 129 cm³/mol. The molecule has 0 saturated heterocycles. The van der Waals surface area contributed by atoms with Crippen molar-refractivity contribution in [3.8, 4) is 11.5 Å². The number of anilines is 1. The number of hydrogen-bond acceptors (Lipinski definition) is 6. The lowest BCUT2D eigenvalue weighted by Crippen LogP contribution is -2.27. The molecule has 4 rings (SSSR count). The number of rotatable bonds is 8. The number of halogens is 1. The standard InChI is InChI=1S/C23H23ClN4O4S/c1-31-18-11-15-16(12-19(18)32-2)26-23(33)28-17(22(30)27-21(15)28)7-8-20(29)25-10-9-13-3-5-14(24)6-4-13/h3-6,11-12,17H,7-10H2,1-2H3,(H,25,29)(H,27,30). The molecule has 0 fully saturated rings. The minimum Gasteiger partial charge on any atom is -0.493 e. The maximum Gasteiger partial charge on any atom is 0.248 e. The van der Waals surface area contributed by atoms with Gasteiger partial charge in [-0.15, -0.1) is 0 Å². The molecule has 1 aliphatic rings. The molecule has 0 bridgehead atoms. The number of nitrogens with one attached hydrogen (secondary N) is 2. The van der Waals surface area contributed by atoms with Crippen molar-refractivity contribution in [2.24, 2.45) is 0 Å². The third-order valence-corrected chi connectivity index (χ3v) is 6.11. The maximum atomic E-state index is 12.7. The van der Waals surface area contributed by atoms with Crippen molar-refractivity contribution in [2.45, 2.75) is 25.3 Å². The van der Waals surface area contributed by atoms with E-state index in [0.717, 1.165) is 5.56 Å². The molecule has 1 aromatic heterocycles. The first-order valence-electron chi connectivity index (χ1n) is 10.4. The Hall–Kier alpha value is -3.17. The fraction of sp³-hybridized carbons (Fsp3) is 0.304. The number of methoxy groups -OCH3 is 2. The second-order valence-corrected chi connectivity index (χ2v) is 8.41. The van der Waals surface area contributed by atoms with Gasteiger partial charge in [0.05, 0.1) is 19.7 Å². The summed E-state index contributed by atoms with van der Waals surface area (Å²) >= 11 is 11.4. The number of amides is 2. The largest absolute Gasteiger partial charge is 0.493 e. The van der Waals surface area contributed by atoms with Crippen LogP contribution < -0.4 is 20.1 Å². The topological polar surface area (TPSA) is 94.5 Å². The lowest BCUT2D eigenvalue weighted by molar-refractivity contribution is -0.122. The molecule has 1 unspecified atom stereocenters. The Morgan fingerprint density at radius 1 is 1.21 bits per heavy atom. The Balaban J connectivity index is 1.46. The van der Waals surface area contributed by atoms with Crippen LogP contribution in [0.4, 0.5) is 5.82 Å². The molecule has 172 valence electrons. The average molecular weight is 487 g/mol. The molecule has 0 aliphatic carbocycles. The number of benzene rings is 2. The molecule has 1 atom stereocenters. The third-order valence-electron chi connectivity index (χ3n) is 5.57. The first-order chi connectivity index (χ1) is 15.9. The smallest absolute Gasteiger partial charge is 0.248 e. The third kappa shape index (κ3) is 4.79. The van der Waals surface area contributed by atoms with Gasteiger partial charge in [-0.1, -0.05) is 23.7 Å². The molecule has 2 N–H and O–H groups in total. The SMILES string of the molecule is COc1cc2nc(=S)n3c(c2cc1OC)NC(=O)C3CCC(=O)NCCc1ccc(Cl)cc1. The number of carbonyl (C=O) groups is 2. The number of nitrogens with zero attached hydrogens (tertiary/aromatic N) is 2. The van der Waals surface area contributed by atoms with Crippen LogP contribution >= 0.6 is 23.8 Å². The summed E-state index contributed by atoms with van der Waals surface area (Å²) in [6, 6.07) is 10.4. The summed E-state index contributed by atoms with van der Waals surface area (Å²) in [5.41, 5.74) is 1.67. The lowest BCUT2D eigenvalue weighted by atomic mass is 10.1. The van der Waals surface area contributed by atoms with E-state index in [1.807, 2.05) is 24.3 Å². The van der Waals surface area contributed by atoms with Crippen molar-refractivity contribution in [3.63, 3.8) is 0 Å². The van der Waals surface area contributed by atoms with Gasteiger partial charge in [-0.3, -0.25) is 14.2 Å². The van der Waals surface area contributed by atoms with Gasteiger partial charge in [-0.05, 0) is 48.8 Å². The van der Waals surface area contributed by atoms with Crippen LogP contribution in [0.5, 0.6) is 11.5 Å². The molecule has 33 heavy (non-hydrogen) atoms. The van der Waals surface area contributed by atoms with E-state index < -0.39 is 6.04 Å². The van der Waals surface area contributed by atoms with E-state index in [-0.39, 0.29) is 23.0 Å². The molecule has 2 aromatic carbocycles. The van der Waals surface area contributed by atoms with E-state index >= 15 is 0 Å². The van der Waals surface area contributed by atoms with E-state index in [4.69, 9.17) is 33.3 Å². The van der Waals surface area contributed by atoms with Crippen molar-refractivity contribution < 1.29 is 19.1 Å². The summed E-state index contributed by atoms with van der Waals surface area (Å²) < 4.78 is 12.6. The number of fused-ring (bicyclic) bond motifs is 3. The zero-order valence-corrected chi connectivity index (χ0v) is 19.8. The second kappa shape index (κ2) is 9.76. The zero-order chi connectivity index (χ0) is 23.5. The Labute approximate surface area is 200 Å². The van der Waals surface area contributed by atoms with Crippen molar-refractivity contribution >= 4 is 52.4 Å². The fourth-order valence-electron chi connectivity index (χ4n) is 3.88. The van der Waals surface area contributed by atoms with E-state index in [2.05, 4.69) is 15.6 Å². The summed E-state index contributed by atoms with van der Waals surface area (Å²) in [7, 11) is 3.08. The van der Waals surface area contributed by atoms with Crippen molar-refractivity contribution in [1.82, 2.24) is 14.9 Å². The summed E-state index contributed by atoms with van der Waals surface area (Å²) in [6.07, 6.45) is 1.19. The quantitative estimate of drug-likeness (QED) is 0.466. The Morgan fingerprint density at radius 2 is 1.91 bits per heavy atom. The monoisotopic (exact) mass is 486 g/mol. The van der Waals surface area contributed by atoms with Crippen molar-refractivity contribution in [2.75, 3.05) is 26.1 Å². The molecule has 0 spiro atoms. The van der Waals surface area contributed by atoms with Crippen LogP contribution in [0, 0.1) is 4.77 Å². The number of carbonyl (C=O) groups excluding carboxylic acids is 2. The van der Waals surface area contributed by atoms with Gasteiger partial charge in [0.15, 0.2) is 11.5 Å². The van der Waals surface area contributed by atoms with Gasteiger partial charge in [0.1, 0.15) is 11.9 Å². The van der Waals surface area contributed by atoms with Crippen LogP contribution in [-0.4, -0.2) is 42.1 Å². The van der Waals surface area contributed by atoms with Crippen LogP contribution in [0.3, 0.4) is 0 Å². The molecular weight excluding hydrogens is 464 g/mol. The van der Waals surface area contributed by atoms with Crippen molar-refractivity contribution in [1.29, 1.82) is 0 Å². The Kier molecular flexibility index (Phi) is 6.80. The second-order valence-electron chi connectivity index (χ2n) is 7.61. The minimum atomic E-state index is -0.612. The van der Waals surface area contributed by atoms with Gasteiger partial charge in [0.25, 0.3) is 0 Å². The summed E-state index contributed by atoms with van der Waals surface area (Å²) in [4.78, 5) is 29.6. The Bertz CT molecular complexity index is 1280. The van der Waals surface area contributed by atoms with Crippen LogP contribution in [0.25, 0.3) is 10.9 Å². The highest BCUT2D eigenvalue weighted by molar-refractivity contribution is 7.71. The van der Waals surface area contributed by atoms with Crippen LogP contribution in [-0.2, 0) is 16.0 Å². The van der Waals surface area contributed by atoms with Gasteiger partial charge < -0.3 is 20.1 Å². The minimum absolute atomic E-state index is 0.128. The number of aromatic nitrogens is 2. The van der Waals surface area contributed by atoms with Gasteiger partial charge in [0, 0.05) is 29.4 Å². The van der Waals surface area contributed by atoms with Crippen LogP contribution in [0.1, 0.15) is 24.4 Å². The average Bonchev–Trinajstić information content (AvgIpc) is 3.15. The molecule has 1 aliphatic heterocycles. The van der Waals surface area contributed by atoms with Crippen LogP contribution in [0.15, 0.2) is 36.4 Å². The van der Waals surface area contributed by atoms with Gasteiger partial charge in [0.2, 0.25) is 16.6 Å². The molecule has 10 heteroatoms. The molecule has 0 saturated carbocycles. The van der Waals surface area contributed by atoms with Gasteiger partial charge in [-0.2, -0.15) is 0 Å². The lowest BCUT2D eigenvalue weighted by Gasteiger charge is -2.14.